The van der Waals surface area contributed by atoms with Crippen LogP contribution in [0.2, 0.25) is 0 Å². The third-order valence-corrected chi connectivity index (χ3v) is 3.69. The van der Waals surface area contributed by atoms with E-state index in [1.165, 1.54) is 0 Å². The fourth-order valence-electron chi connectivity index (χ4n) is 2.66. The van der Waals surface area contributed by atoms with Crippen molar-refractivity contribution in [3.05, 3.63) is 0 Å². The predicted octanol–water partition coefficient (Wildman–Crippen LogP) is 1.25. The van der Waals surface area contributed by atoms with Crippen LogP contribution in [0.15, 0.2) is 0 Å². The maximum Gasteiger partial charge on any atom is 0.394 e. The van der Waals surface area contributed by atoms with Crippen LogP contribution in [-0.4, -0.2) is 56.0 Å². The predicted molar refractivity (Wildman–Crippen MR) is 57.8 cm³/mol. The molecule has 0 aromatic carbocycles. The van der Waals surface area contributed by atoms with E-state index in [4.69, 9.17) is 4.74 Å². The van der Waals surface area contributed by atoms with Gasteiger partial charge in [0.05, 0.1) is 12.0 Å². The van der Waals surface area contributed by atoms with E-state index < -0.39 is 12.1 Å². The molecule has 17 heavy (non-hydrogen) atoms. The van der Waals surface area contributed by atoms with Gasteiger partial charge in [-0.15, -0.1) is 0 Å². The standard InChI is InChI=1S/C11H19F3N2O/c1-8-10(2-5-17-8)16-4-3-15-6-9(7-16)11(12,13)14/h8-10,15H,2-7H2,1H3. The number of nitrogens with one attached hydrogen (secondary N) is 1. The minimum Gasteiger partial charge on any atom is -0.377 e. The zero-order chi connectivity index (χ0) is 12.5. The summed E-state index contributed by atoms with van der Waals surface area (Å²) in [6.45, 7) is 4.02. The maximum atomic E-state index is 12.8. The second kappa shape index (κ2) is 5.12. The summed E-state index contributed by atoms with van der Waals surface area (Å²) in [7, 11) is 0. The summed E-state index contributed by atoms with van der Waals surface area (Å²) in [5.74, 6) is -1.27. The molecule has 2 aliphatic rings. The van der Waals surface area contributed by atoms with Crippen molar-refractivity contribution in [2.75, 3.05) is 32.8 Å². The lowest BCUT2D eigenvalue weighted by Crippen LogP contribution is -2.45. The Morgan fingerprint density at radius 2 is 2.12 bits per heavy atom. The van der Waals surface area contributed by atoms with E-state index in [1.807, 2.05) is 11.8 Å². The quantitative estimate of drug-likeness (QED) is 0.760. The molecule has 0 bridgehead atoms. The molecule has 0 aromatic rings. The van der Waals surface area contributed by atoms with Crippen molar-refractivity contribution in [2.24, 2.45) is 5.92 Å². The average Bonchev–Trinajstić information content (AvgIpc) is 2.53. The van der Waals surface area contributed by atoms with Crippen LogP contribution in [0.4, 0.5) is 13.2 Å². The first-order valence-electron chi connectivity index (χ1n) is 6.11. The number of hydrogen-bond acceptors (Lipinski definition) is 3. The molecule has 3 nitrogen and oxygen atoms in total. The highest BCUT2D eigenvalue weighted by molar-refractivity contribution is 4.87. The second-order valence-electron chi connectivity index (χ2n) is 4.87. The van der Waals surface area contributed by atoms with Gasteiger partial charge >= 0.3 is 6.18 Å². The molecule has 0 radical (unpaired) electrons. The van der Waals surface area contributed by atoms with Crippen LogP contribution < -0.4 is 5.32 Å². The molecule has 3 unspecified atom stereocenters. The normalized spacial score (nSPS) is 37.1. The first-order valence-corrected chi connectivity index (χ1v) is 6.11. The molecule has 2 saturated heterocycles. The topological polar surface area (TPSA) is 24.5 Å². The molecule has 2 rings (SSSR count). The van der Waals surface area contributed by atoms with E-state index >= 15 is 0 Å². The largest absolute Gasteiger partial charge is 0.394 e. The van der Waals surface area contributed by atoms with Crippen LogP contribution >= 0.6 is 0 Å². The van der Waals surface area contributed by atoms with Gasteiger partial charge < -0.3 is 10.1 Å². The highest BCUT2D eigenvalue weighted by Gasteiger charge is 2.43. The fraction of sp³-hybridized carbons (Fsp3) is 1.00. The number of halogens is 3. The lowest BCUT2D eigenvalue weighted by molar-refractivity contribution is -0.177. The monoisotopic (exact) mass is 252 g/mol. The molecule has 2 aliphatic heterocycles. The molecule has 0 amide bonds. The number of nitrogens with zero attached hydrogens (tertiary/aromatic N) is 1. The Morgan fingerprint density at radius 1 is 1.35 bits per heavy atom. The number of alkyl halides is 3. The van der Waals surface area contributed by atoms with Crippen LogP contribution in [0.25, 0.3) is 0 Å². The van der Waals surface area contributed by atoms with Gasteiger partial charge in [0.25, 0.3) is 0 Å². The van der Waals surface area contributed by atoms with Gasteiger partial charge in [0.1, 0.15) is 0 Å². The van der Waals surface area contributed by atoms with Crippen molar-refractivity contribution in [2.45, 2.75) is 31.7 Å². The fourth-order valence-corrected chi connectivity index (χ4v) is 2.66. The summed E-state index contributed by atoms with van der Waals surface area (Å²) in [4.78, 5) is 1.94. The Morgan fingerprint density at radius 3 is 2.71 bits per heavy atom. The van der Waals surface area contributed by atoms with Crippen molar-refractivity contribution in [3.63, 3.8) is 0 Å². The van der Waals surface area contributed by atoms with Gasteiger partial charge in [-0.3, -0.25) is 4.90 Å². The third kappa shape index (κ3) is 3.11. The zero-order valence-electron chi connectivity index (χ0n) is 9.96. The summed E-state index contributed by atoms with van der Waals surface area (Å²) in [5, 5.41) is 2.87. The lowest BCUT2D eigenvalue weighted by atomic mass is 10.1. The summed E-state index contributed by atoms with van der Waals surface area (Å²) < 4.78 is 43.8. The SMILES string of the molecule is CC1OCCC1N1CCNCC(C(F)(F)F)C1. The van der Waals surface area contributed by atoms with Gasteiger partial charge in [-0.05, 0) is 13.3 Å². The Balaban J connectivity index is 2.02. The molecular weight excluding hydrogens is 233 g/mol. The number of rotatable bonds is 1. The third-order valence-electron chi connectivity index (χ3n) is 3.69. The first-order chi connectivity index (χ1) is 7.98. The summed E-state index contributed by atoms with van der Waals surface area (Å²) >= 11 is 0. The molecule has 2 fully saturated rings. The van der Waals surface area contributed by atoms with Crippen LogP contribution in [-0.2, 0) is 4.74 Å². The first kappa shape index (κ1) is 13.1. The lowest BCUT2D eigenvalue weighted by Gasteiger charge is -2.31. The Kier molecular flexibility index (Phi) is 3.95. The van der Waals surface area contributed by atoms with Crippen LogP contribution in [0.3, 0.4) is 0 Å². The van der Waals surface area contributed by atoms with E-state index in [0.717, 1.165) is 6.42 Å². The summed E-state index contributed by atoms with van der Waals surface area (Å²) in [5.41, 5.74) is 0. The van der Waals surface area contributed by atoms with Gasteiger partial charge in [-0.25, -0.2) is 0 Å². The highest BCUT2D eigenvalue weighted by Crippen LogP contribution is 2.29. The van der Waals surface area contributed by atoms with E-state index in [-0.39, 0.29) is 25.2 Å². The van der Waals surface area contributed by atoms with Crippen molar-refractivity contribution >= 4 is 0 Å². The Hall–Kier alpha value is -0.330. The van der Waals surface area contributed by atoms with Crippen molar-refractivity contribution in [3.8, 4) is 0 Å². The Labute approximate surface area is 99.3 Å². The van der Waals surface area contributed by atoms with Crippen molar-refractivity contribution in [1.29, 1.82) is 0 Å². The summed E-state index contributed by atoms with van der Waals surface area (Å²) in [6.07, 6.45) is -3.23. The van der Waals surface area contributed by atoms with E-state index in [0.29, 0.717) is 19.7 Å². The molecule has 100 valence electrons. The van der Waals surface area contributed by atoms with Crippen LogP contribution in [0.1, 0.15) is 13.3 Å². The van der Waals surface area contributed by atoms with Crippen LogP contribution in [0, 0.1) is 5.92 Å². The van der Waals surface area contributed by atoms with E-state index in [2.05, 4.69) is 5.32 Å². The minimum absolute atomic E-state index is 0.0297. The molecule has 0 aliphatic carbocycles. The second-order valence-corrected chi connectivity index (χ2v) is 4.87. The molecule has 1 N–H and O–H groups in total. The Bertz CT molecular complexity index is 260. The molecule has 2 heterocycles. The number of hydrogen-bond donors (Lipinski definition) is 1. The van der Waals surface area contributed by atoms with Crippen molar-refractivity contribution in [1.82, 2.24) is 10.2 Å². The molecule has 0 saturated carbocycles. The van der Waals surface area contributed by atoms with Gasteiger partial charge in [0, 0.05) is 38.8 Å². The molecular formula is C11H19F3N2O. The maximum absolute atomic E-state index is 12.8. The smallest absolute Gasteiger partial charge is 0.377 e. The minimum atomic E-state index is -4.11. The summed E-state index contributed by atoms with van der Waals surface area (Å²) in [6, 6.07) is 0.139. The van der Waals surface area contributed by atoms with E-state index in [9.17, 15) is 13.2 Å². The molecule has 0 spiro atoms. The van der Waals surface area contributed by atoms with Gasteiger partial charge in [0.15, 0.2) is 0 Å². The molecule has 6 heteroatoms. The molecule has 3 atom stereocenters. The molecule has 0 aromatic heterocycles. The highest BCUT2D eigenvalue weighted by atomic mass is 19.4. The van der Waals surface area contributed by atoms with E-state index in [1.54, 1.807) is 0 Å². The van der Waals surface area contributed by atoms with Gasteiger partial charge in [-0.1, -0.05) is 0 Å². The van der Waals surface area contributed by atoms with Gasteiger partial charge in [0.2, 0.25) is 0 Å². The van der Waals surface area contributed by atoms with Crippen molar-refractivity contribution < 1.29 is 17.9 Å². The zero-order valence-corrected chi connectivity index (χ0v) is 9.96. The van der Waals surface area contributed by atoms with Gasteiger partial charge in [-0.2, -0.15) is 13.2 Å². The number of ether oxygens (including phenoxy) is 1. The average molecular weight is 252 g/mol. The van der Waals surface area contributed by atoms with Crippen LogP contribution in [0.5, 0.6) is 0 Å².